The standard InChI is InChI=1S/C50H102N2O3PS4/c1-43(2)21-14-23-45(5)25-16-27-47(7)29-18-31-49(9)33-39-57-59-41-37-54-56(53,51-35-20-36-52(11,12)13)55-38-42-60-58-40-34-50(10)32-19-30-48(8)28-17-26-46(6)24-15-22-44(3)4/h33-34,43-48H,14-32,35-42H2,1-13H3,(H,51,53)/q+1/b49-33+,50-34+/t45-,46-,47-,48-/m1/s1. The lowest BCUT2D eigenvalue weighted by molar-refractivity contribution is -0.870. The summed E-state index contributed by atoms with van der Waals surface area (Å²) >= 11 is 0. The van der Waals surface area contributed by atoms with Gasteiger partial charge in [-0.1, -0.05) is 212 Å². The van der Waals surface area contributed by atoms with Crippen LogP contribution in [-0.4, -0.2) is 74.9 Å². The number of hydrogen-bond donors (Lipinski definition) is 1. The molecule has 5 nitrogen and oxygen atoms in total. The Labute approximate surface area is 392 Å². The number of quaternary nitrogens is 1. The minimum Gasteiger partial charge on any atom is -0.331 e. The second kappa shape index (κ2) is 39.1. The average molecular weight is 939 g/mol. The normalized spacial score (nSPS) is 15.3. The first kappa shape index (κ1) is 60.9. The fourth-order valence-corrected chi connectivity index (χ4v) is 12.6. The molecule has 0 heterocycles. The first-order valence-corrected chi connectivity index (χ1v) is 31.2. The maximum Gasteiger partial charge on any atom is 0.405 e. The Balaban J connectivity index is 4.31. The molecule has 0 aromatic rings. The molecule has 0 aliphatic rings. The lowest BCUT2D eigenvalue weighted by Gasteiger charge is -2.24. The molecule has 4 atom stereocenters. The number of nitrogens with one attached hydrogen (secondary N) is 1. The van der Waals surface area contributed by atoms with Gasteiger partial charge in [0.15, 0.2) is 0 Å². The van der Waals surface area contributed by atoms with E-state index in [4.69, 9.17) is 9.05 Å². The van der Waals surface area contributed by atoms with Gasteiger partial charge in [-0.15, -0.1) is 0 Å². The average Bonchev–Trinajstić information content (AvgIpc) is 3.15. The van der Waals surface area contributed by atoms with Crippen LogP contribution in [0.4, 0.5) is 0 Å². The molecule has 0 rings (SSSR count). The van der Waals surface area contributed by atoms with E-state index < -0.39 is 7.75 Å². The molecular weight excluding hydrogens is 836 g/mol. The number of nitrogens with zero attached hydrogens (tertiary/aromatic N) is 1. The quantitative estimate of drug-likeness (QED) is 0.0213. The third-order valence-electron chi connectivity index (χ3n) is 11.6. The molecule has 358 valence electrons. The number of allylic oxidation sites excluding steroid dienone is 2. The molecular formula is C50H102N2O3PS4+. The zero-order valence-electron chi connectivity index (χ0n) is 42.0. The summed E-state index contributed by atoms with van der Waals surface area (Å²) in [6.45, 7) is 26.2. The van der Waals surface area contributed by atoms with E-state index in [-0.39, 0.29) is 0 Å². The van der Waals surface area contributed by atoms with Gasteiger partial charge >= 0.3 is 7.75 Å². The van der Waals surface area contributed by atoms with Crippen LogP contribution in [0.15, 0.2) is 23.3 Å². The second-order valence-electron chi connectivity index (χ2n) is 20.5. The van der Waals surface area contributed by atoms with Crippen molar-refractivity contribution < 1.29 is 18.1 Å². The van der Waals surface area contributed by atoms with Gasteiger partial charge < -0.3 is 4.48 Å². The highest BCUT2D eigenvalue weighted by molar-refractivity contribution is 8.77. The smallest absolute Gasteiger partial charge is 0.331 e. The highest BCUT2D eigenvalue weighted by Crippen LogP contribution is 2.44. The zero-order chi connectivity index (χ0) is 45.1. The van der Waals surface area contributed by atoms with Crippen molar-refractivity contribution in [1.29, 1.82) is 0 Å². The van der Waals surface area contributed by atoms with E-state index >= 15 is 0 Å². The van der Waals surface area contributed by atoms with E-state index in [0.717, 1.165) is 76.0 Å². The molecule has 0 saturated heterocycles. The fourth-order valence-electron chi connectivity index (χ4n) is 7.47. The highest BCUT2D eigenvalue weighted by atomic mass is 33.1. The molecule has 60 heavy (non-hydrogen) atoms. The van der Waals surface area contributed by atoms with E-state index in [2.05, 4.69) is 108 Å². The molecule has 0 fully saturated rings. The van der Waals surface area contributed by atoms with E-state index in [0.29, 0.717) is 19.8 Å². The van der Waals surface area contributed by atoms with Gasteiger partial charge in [0.2, 0.25) is 0 Å². The largest absolute Gasteiger partial charge is 0.405 e. The van der Waals surface area contributed by atoms with Crippen molar-refractivity contribution >= 4 is 50.9 Å². The molecule has 1 N–H and O–H groups in total. The Bertz CT molecular complexity index is 1030. The molecule has 0 spiro atoms. The van der Waals surface area contributed by atoms with Crippen LogP contribution in [0.5, 0.6) is 0 Å². The van der Waals surface area contributed by atoms with E-state index in [1.165, 1.54) is 127 Å². The summed E-state index contributed by atoms with van der Waals surface area (Å²) in [5.74, 6) is 8.68. The predicted molar refractivity (Wildman–Crippen MR) is 282 cm³/mol. The van der Waals surface area contributed by atoms with Gasteiger partial charge in [0.05, 0.1) is 40.9 Å². The molecule has 0 radical (unpaired) electrons. The molecule has 10 heteroatoms. The summed E-state index contributed by atoms with van der Waals surface area (Å²) in [5, 5.41) is 3.16. The monoisotopic (exact) mass is 938 g/mol. The van der Waals surface area contributed by atoms with Gasteiger partial charge in [0, 0.05) is 36.0 Å². The summed E-state index contributed by atoms with van der Waals surface area (Å²) in [6.07, 6.45) is 30.0. The third kappa shape index (κ3) is 42.9. The summed E-state index contributed by atoms with van der Waals surface area (Å²) in [7, 11) is 10.5. The first-order chi connectivity index (χ1) is 28.4. The maximum atomic E-state index is 13.7. The van der Waals surface area contributed by atoms with Crippen LogP contribution in [0, 0.1) is 35.5 Å². The van der Waals surface area contributed by atoms with Crippen molar-refractivity contribution in [2.45, 2.75) is 191 Å². The van der Waals surface area contributed by atoms with Gasteiger partial charge in [-0.2, -0.15) is 0 Å². The molecule has 0 unspecified atom stereocenters. The maximum absolute atomic E-state index is 13.7. The highest BCUT2D eigenvalue weighted by Gasteiger charge is 2.24. The van der Waals surface area contributed by atoms with Crippen LogP contribution in [0.25, 0.3) is 0 Å². The van der Waals surface area contributed by atoms with Crippen molar-refractivity contribution in [3.8, 4) is 0 Å². The van der Waals surface area contributed by atoms with Gasteiger partial charge in [0.1, 0.15) is 0 Å². The Hall–Kier alpha value is 0.950. The Kier molecular flexibility index (Phi) is 39.8. The van der Waals surface area contributed by atoms with Gasteiger partial charge in [0.25, 0.3) is 0 Å². The molecule has 0 saturated carbocycles. The van der Waals surface area contributed by atoms with E-state index in [1.54, 1.807) is 21.6 Å². The van der Waals surface area contributed by atoms with Crippen LogP contribution < -0.4 is 5.09 Å². The van der Waals surface area contributed by atoms with Crippen LogP contribution >= 0.6 is 50.9 Å². The number of rotatable bonds is 43. The topological polar surface area (TPSA) is 47.6 Å². The van der Waals surface area contributed by atoms with Crippen LogP contribution in [0.3, 0.4) is 0 Å². The lowest BCUT2D eigenvalue weighted by Crippen LogP contribution is -2.36. The predicted octanol–water partition coefficient (Wildman–Crippen LogP) is 17.3. The van der Waals surface area contributed by atoms with Gasteiger partial charge in [-0.3, -0.25) is 9.05 Å². The third-order valence-corrected chi connectivity index (χ3v) is 17.7. The molecule has 0 aliphatic heterocycles. The Morgan fingerprint density at radius 3 is 1.23 bits per heavy atom. The summed E-state index contributed by atoms with van der Waals surface area (Å²) < 4.78 is 26.4. The molecule has 0 amide bonds. The van der Waals surface area contributed by atoms with Crippen LogP contribution in [-0.2, 0) is 13.6 Å². The van der Waals surface area contributed by atoms with Crippen molar-refractivity contribution in [2.75, 3.05) is 70.5 Å². The Morgan fingerprint density at radius 2 is 0.883 bits per heavy atom. The SMILES string of the molecule is C/C(=C\CSSCCOP(=O)(NCCC[N+](C)(C)C)OCCSSC/C=C(\C)CCC[C@H](C)CCC[C@H](C)CCCC(C)C)CCC[C@H](C)CCC[C@H](C)CCCC(C)C. The van der Waals surface area contributed by atoms with E-state index in [9.17, 15) is 4.57 Å². The minimum atomic E-state index is -3.35. The van der Waals surface area contributed by atoms with Crippen molar-refractivity contribution in [3.63, 3.8) is 0 Å². The zero-order valence-corrected chi connectivity index (χ0v) is 46.1. The van der Waals surface area contributed by atoms with Crippen LogP contribution in [0.2, 0.25) is 0 Å². The minimum absolute atomic E-state index is 0.414. The molecule has 0 aromatic heterocycles. The van der Waals surface area contributed by atoms with Gasteiger partial charge in [-0.25, -0.2) is 9.65 Å². The van der Waals surface area contributed by atoms with Crippen molar-refractivity contribution in [3.05, 3.63) is 23.3 Å². The van der Waals surface area contributed by atoms with Crippen molar-refractivity contribution in [2.24, 2.45) is 35.5 Å². The summed E-state index contributed by atoms with van der Waals surface area (Å²) in [5.41, 5.74) is 3.00. The second-order valence-corrected chi connectivity index (χ2v) is 27.6. The Morgan fingerprint density at radius 1 is 0.533 bits per heavy atom. The van der Waals surface area contributed by atoms with E-state index in [1.807, 2.05) is 21.6 Å². The summed E-state index contributed by atoms with van der Waals surface area (Å²) in [4.78, 5) is 0. The molecule has 0 aromatic carbocycles. The lowest BCUT2D eigenvalue weighted by atomic mass is 9.91. The first-order valence-electron chi connectivity index (χ1n) is 24.7. The molecule has 0 bridgehead atoms. The van der Waals surface area contributed by atoms with Crippen molar-refractivity contribution in [1.82, 2.24) is 5.09 Å². The number of hydrogen-bond acceptors (Lipinski definition) is 7. The van der Waals surface area contributed by atoms with Gasteiger partial charge in [-0.05, 0) is 75.0 Å². The van der Waals surface area contributed by atoms with Crippen LogP contribution in [0.1, 0.15) is 191 Å². The summed E-state index contributed by atoms with van der Waals surface area (Å²) in [6, 6.07) is 0. The molecule has 0 aliphatic carbocycles. The fraction of sp³-hybridized carbons (Fsp3) is 0.920.